The summed E-state index contributed by atoms with van der Waals surface area (Å²) in [4.78, 5) is 0. The van der Waals surface area contributed by atoms with Gasteiger partial charge in [-0.15, -0.1) is 0 Å². The van der Waals surface area contributed by atoms with Crippen LogP contribution in [-0.2, 0) is 9.84 Å². The molecule has 0 bridgehead atoms. The van der Waals surface area contributed by atoms with Gasteiger partial charge in [0.15, 0.2) is 9.84 Å². The fraction of sp³-hybridized carbons (Fsp3) is 0.538. The quantitative estimate of drug-likeness (QED) is 0.839. The highest BCUT2D eigenvalue weighted by molar-refractivity contribution is 7.91. The third kappa shape index (κ3) is 5.38. The summed E-state index contributed by atoms with van der Waals surface area (Å²) in [7, 11) is -2.91. The van der Waals surface area contributed by atoms with Gasteiger partial charge < -0.3 is 5.32 Å². The lowest BCUT2D eigenvalue weighted by Gasteiger charge is -2.14. The summed E-state index contributed by atoms with van der Waals surface area (Å²) in [6.45, 7) is 4.34. The smallest absolute Gasteiger partial charge is 0.151 e. The Morgan fingerprint density at radius 1 is 1.33 bits per heavy atom. The number of hydrogen-bond acceptors (Lipinski definition) is 3. The maximum Gasteiger partial charge on any atom is 0.151 e. The predicted octanol–water partition coefficient (Wildman–Crippen LogP) is 2.82. The lowest BCUT2D eigenvalue weighted by Crippen LogP contribution is -2.26. The van der Waals surface area contributed by atoms with Crippen LogP contribution in [0.15, 0.2) is 24.3 Å². The SMILES string of the molecule is CCCS(=O)(=O)CCN[C@@H](C)c1cccc(Cl)c1. The molecular weight excluding hydrogens is 270 g/mol. The van der Waals surface area contributed by atoms with Crippen LogP contribution >= 0.6 is 11.6 Å². The number of rotatable bonds is 7. The molecule has 0 saturated carbocycles. The van der Waals surface area contributed by atoms with Gasteiger partial charge in [0.1, 0.15) is 0 Å². The Hall–Kier alpha value is -0.580. The largest absolute Gasteiger partial charge is 0.309 e. The van der Waals surface area contributed by atoms with Crippen LogP contribution in [0, 0.1) is 0 Å². The van der Waals surface area contributed by atoms with Gasteiger partial charge in [0.2, 0.25) is 0 Å². The molecule has 0 fully saturated rings. The fourth-order valence-electron chi connectivity index (χ4n) is 1.74. The van der Waals surface area contributed by atoms with E-state index in [9.17, 15) is 8.42 Å². The van der Waals surface area contributed by atoms with E-state index in [0.29, 0.717) is 18.0 Å². The molecule has 102 valence electrons. The zero-order valence-corrected chi connectivity index (χ0v) is 12.4. The second-order valence-electron chi connectivity index (χ2n) is 4.38. The first-order valence-corrected chi connectivity index (χ1v) is 8.34. The van der Waals surface area contributed by atoms with Crippen molar-refractivity contribution in [3.8, 4) is 0 Å². The van der Waals surface area contributed by atoms with Crippen LogP contribution in [0.3, 0.4) is 0 Å². The highest BCUT2D eigenvalue weighted by Crippen LogP contribution is 2.17. The lowest BCUT2D eigenvalue weighted by molar-refractivity contribution is 0.571. The van der Waals surface area contributed by atoms with Crippen LogP contribution in [0.2, 0.25) is 5.02 Å². The summed E-state index contributed by atoms with van der Waals surface area (Å²) in [5.74, 6) is 0.450. The predicted molar refractivity (Wildman–Crippen MR) is 76.8 cm³/mol. The summed E-state index contributed by atoms with van der Waals surface area (Å²) in [5.41, 5.74) is 1.07. The molecular formula is C13H20ClNO2S. The maximum atomic E-state index is 11.5. The summed E-state index contributed by atoms with van der Waals surface area (Å²) in [6, 6.07) is 7.68. The topological polar surface area (TPSA) is 46.2 Å². The second-order valence-corrected chi connectivity index (χ2v) is 7.12. The van der Waals surface area contributed by atoms with Gasteiger partial charge in [0, 0.05) is 23.4 Å². The molecule has 0 saturated heterocycles. The highest BCUT2D eigenvalue weighted by Gasteiger charge is 2.10. The van der Waals surface area contributed by atoms with Gasteiger partial charge in [-0.25, -0.2) is 8.42 Å². The molecule has 0 heterocycles. The lowest BCUT2D eigenvalue weighted by atomic mass is 10.1. The van der Waals surface area contributed by atoms with Crippen LogP contribution < -0.4 is 5.32 Å². The minimum absolute atomic E-state index is 0.0977. The van der Waals surface area contributed by atoms with E-state index in [1.165, 1.54) is 0 Å². The molecule has 0 spiro atoms. The number of hydrogen-bond donors (Lipinski definition) is 1. The Balaban J connectivity index is 2.45. The van der Waals surface area contributed by atoms with Crippen molar-refractivity contribution in [2.24, 2.45) is 0 Å². The summed E-state index contributed by atoms with van der Waals surface area (Å²) < 4.78 is 23.1. The van der Waals surface area contributed by atoms with Crippen molar-refractivity contribution in [3.63, 3.8) is 0 Å². The van der Waals surface area contributed by atoms with Crippen molar-refractivity contribution in [1.29, 1.82) is 0 Å². The van der Waals surface area contributed by atoms with Gasteiger partial charge in [-0.2, -0.15) is 0 Å². The Labute approximate surface area is 114 Å². The van der Waals surface area contributed by atoms with Gasteiger partial charge in [-0.05, 0) is 31.0 Å². The van der Waals surface area contributed by atoms with Crippen LogP contribution in [0.4, 0.5) is 0 Å². The van der Waals surface area contributed by atoms with Crippen molar-refractivity contribution in [1.82, 2.24) is 5.32 Å². The van der Waals surface area contributed by atoms with Crippen LogP contribution in [0.25, 0.3) is 0 Å². The number of nitrogens with one attached hydrogen (secondary N) is 1. The van der Waals surface area contributed by atoms with E-state index in [2.05, 4.69) is 5.32 Å². The highest BCUT2D eigenvalue weighted by atomic mass is 35.5. The Morgan fingerprint density at radius 3 is 2.67 bits per heavy atom. The zero-order valence-electron chi connectivity index (χ0n) is 10.8. The number of benzene rings is 1. The Bertz CT molecular complexity index is 474. The van der Waals surface area contributed by atoms with E-state index in [1.807, 2.05) is 38.1 Å². The Morgan fingerprint density at radius 2 is 2.06 bits per heavy atom. The molecule has 0 amide bonds. The average molecular weight is 290 g/mol. The zero-order chi connectivity index (χ0) is 13.6. The molecule has 0 radical (unpaired) electrons. The van der Waals surface area contributed by atoms with E-state index in [0.717, 1.165) is 5.56 Å². The van der Waals surface area contributed by atoms with Crippen LogP contribution in [-0.4, -0.2) is 26.5 Å². The standard InChI is InChI=1S/C13H20ClNO2S/c1-3-8-18(16,17)9-7-15-11(2)12-5-4-6-13(14)10-12/h4-6,10-11,15H,3,7-9H2,1-2H3/t11-/m0/s1. The summed E-state index contributed by atoms with van der Waals surface area (Å²) in [5, 5.41) is 3.90. The van der Waals surface area contributed by atoms with E-state index in [1.54, 1.807) is 0 Å². The molecule has 0 unspecified atom stereocenters. The average Bonchev–Trinajstić information content (AvgIpc) is 2.28. The molecule has 1 aromatic rings. The number of halogens is 1. The molecule has 1 N–H and O–H groups in total. The van der Waals surface area contributed by atoms with Gasteiger partial charge in [0.25, 0.3) is 0 Å². The molecule has 1 rings (SSSR count). The maximum absolute atomic E-state index is 11.5. The van der Waals surface area contributed by atoms with E-state index < -0.39 is 9.84 Å². The third-order valence-corrected chi connectivity index (χ3v) is 4.82. The first kappa shape index (κ1) is 15.5. The molecule has 0 aromatic heterocycles. The molecule has 0 aliphatic rings. The summed E-state index contributed by atoms with van der Waals surface area (Å²) in [6.07, 6.45) is 0.673. The van der Waals surface area contributed by atoms with Gasteiger partial charge in [-0.3, -0.25) is 0 Å². The molecule has 3 nitrogen and oxygen atoms in total. The first-order valence-electron chi connectivity index (χ1n) is 6.14. The second kappa shape index (κ2) is 7.12. The summed E-state index contributed by atoms with van der Waals surface area (Å²) >= 11 is 5.91. The molecule has 1 aromatic carbocycles. The van der Waals surface area contributed by atoms with E-state index in [4.69, 9.17) is 11.6 Å². The van der Waals surface area contributed by atoms with Crippen molar-refractivity contribution in [2.45, 2.75) is 26.3 Å². The third-order valence-electron chi connectivity index (χ3n) is 2.73. The number of sulfone groups is 1. The van der Waals surface area contributed by atoms with Crippen molar-refractivity contribution >= 4 is 21.4 Å². The Kier molecular flexibility index (Phi) is 6.12. The van der Waals surface area contributed by atoms with Crippen molar-refractivity contribution < 1.29 is 8.42 Å². The van der Waals surface area contributed by atoms with Gasteiger partial charge in [-0.1, -0.05) is 30.7 Å². The molecule has 18 heavy (non-hydrogen) atoms. The van der Waals surface area contributed by atoms with Gasteiger partial charge in [0.05, 0.1) is 5.75 Å². The van der Waals surface area contributed by atoms with Crippen molar-refractivity contribution in [2.75, 3.05) is 18.1 Å². The first-order chi connectivity index (χ1) is 8.44. The normalized spacial score (nSPS) is 13.5. The molecule has 1 atom stereocenters. The monoisotopic (exact) mass is 289 g/mol. The fourth-order valence-corrected chi connectivity index (χ4v) is 3.19. The van der Waals surface area contributed by atoms with E-state index >= 15 is 0 Å². The molecule has 0 aliphatic carbocycles. The minimum atomic E-state index is -2.91. The van der Waals surface area contributed by atoms with Gasteiger partial charge >= 0.3 is 0 Å². The van der Waals surface area contributed by atoms with E-state index in [-0.39, 0.29) is 17.5 Å². The van der Waals surface area contributed by atoms with Crippen LogP contribution in [0.1, 0.15) is 31.9 Å². The van der Waals surface area contributed by atoms with Crippen molar-refractivity contribution in [3.05, 3.63) is 34.9 Å². The molecule has 5 heteroatoms. The minimum Gasteiger partial charge on any atom is -0.309 e. The van der Waals surface area contributed by atoms with Crippen LogP contribution in [0.5, 0.6) is 0 Å². The molecule has 0 aliphatic heterocycles.